The lowest BCUT2D eigenvalue weighted by atomic mass is 10.0. The van der Waals surface area contributed by atoms with Crippen molar-refractivity contribution in [1.82, 2.24) is 5.32 Å². The van der Waals surface area contributed by atoms with Crippen LogP contribution in [0.25, 0.3) is 10.1 Å². The topological polar surface area (TPSA) is 24.4 Å². The number of hydrogen-bond acceptors (Lipinski definition) is 3. The molecule has 1 aliphatic rings. The van der Waals surface area contributed by atoms with E-state index in [0.29, 0.717) is 0 Å². The zero-order valence-corrected chi connectivity index (χ0v) is 11.0. The van der Waals surface area contributed by atoms with Crippen LogP contribution in [0.15, 0.2) is 41.5 Å². The van der Waals surface area contributed by atoms with Crippen LogP contribution >= 0.6 is 23.7 Å². The van der Waals surface area contributed by atoms with Crippen molar-refractivity contribution in [3.05, 3.63) is 47.0 Å². The van der Waals surface area contributed by atoms with Crippen molar-refractivity contribution < 1.29 is 0 Å². The van der Waals surface area contributed by atoms with E-state index in [1.54, 1.807) is 6.34 Å². The average Bonchev–Trinajstić information content (AvgIpc) is 2.66. The number of thiophene rings is 1. The fourth-order valence-corrected chi connectivity index (χ4v) is 3.19. The molecule has 2 heterocycles. The Morgan fingerprint density at radius 2 is 2.12 bits per heavy atom. The molecule has 0 bridgehead atoms. The second-order valence-corrected chi connectivity index (χ2v) is 5.07. The van der Waals surface area contributed by atoms with Crippen LogP contribution in [0.2, 0.25) is 0 Å². The summed E-state index contributed by atoms with van der Waals surface area (Å²) in [6.07, 6.45) is 5.81. The fraction of sp³-hybridized carbons (Fsp3) is 0.154. The van der Waals surface area contributed by atoms with Gasteiger partial charge >= 0.3 is 0 Å². The van der Waals surface area contributed by atoms with Gasteiger partial charge in [-0.15, -0.1) is 23.7 Å². The highest BCUT2D eigenvalue weighted by Crippen LogP contribution is 2.36. The van der Waals surface area contributed by atoms with Gasteiger partial charge in [0.25, 0.3) is 0 Å². The molecule has 0 aliphatic carbocycles. The Balaban J connectivity index is 0.00000108. The van der Waals surface area contributed by atoms with Gasteiger partial charge in [0.1, 0.15) is 0 Å². The Labute approximate surface area is 110 Å². The van der Waals surface area contributed by atoms with Gasteiger partial charge < -0.3 is 5.32 Å². The lowest BCUT2D eigenvalue weighted by Gasteiger charge is -2.11. The quantitative estimate of drug-likeness (QED) is 0.832. The number of halogens is 1. The summed E-state index contributed by atoms with van der Waals surface area (Å²) in [5.41, 5.74) is 1.34. The fourth-order valence-electron chi connectivity index (χ4n) is 2.09. The largest absolute Gasteiger partial charge is 0.353 e. The third kappa shape index (κ3) is 2.08. The Hall–Kier alpha value is -1.32. The molecule has 1 aliphatic heterocycles. The normalized spacial score (nSPS) is 17.8. The maximum atomic E-state index is 4.47. The first-order valence-electron chi connectivity index (χ1n) is 5.28. The number of aryl methyl sites for hydroxylation is 1. The number of aliphatic imine (C=N–C) groups is 1. The highest BCUT2D eigenvalue weighted by atomic mass is 35.5. The van der Waals surface area contributed by atoms with Crippen LogP contribution in [0.1, 0.15) is 16.5 Å². The molecule has 4 heteroatoms. The molecular formula is C13H13ClN2S. The second-order valence-electron chi connectivity index (χ2n) is 3.82. The number of nitrogens with one attached hydrogen (secondary N) is 1. The molecule has 88 valence electrons. The van der Waals surface area contributed by atoms with Crippen LogP contribution in [0.5, 0.6) is 0 Å². The molecule has 2 nitrogen and oxygen atoms in total. The van der Waals surface area contributed by atoms with Crippen molar-refractivity contribution in [3.63, 3.8) is 0 Å². The van der Waals surface area contributed by atoms with E-state index in [-0.39, 0.29) is 18.4 Å². The highest BCUT2D eigenvalue weighted by Gasteiger charge is 2.16. The molecule has 0 fully saturated rings. The van der Waals surface area contributed by atoms with E-state index in [2.05, 4.69) is 47.6 Å². The molecular weight excluding hydrogens is 252 g/mol. The van der Waals surface area contributed by atoms with Crippen molar-refractivity contribution in [2.24, 2.45) is 4.99 Å². The van der Waals surface area contributed by atoms with Gasteiger partial charge in [0.15, 0.2) is 0 Å². The molecule has 17 heavy (non-hydrogen) atoms. The van der Waals surface area contributed by atoms with Crippen LogP contribution < -0.4 is 5.32 Å². The molecule has 0 spiro atoms. The highest BCUT2D eigenvalue weighted by molar-refractivity contribution is 7.19. The lowest BCUT2D eigenvalue weighted by Crippen LogP contribution is -2.08. The van der Waals surface area contributed by atoms with Gasteiger partial charge in [-0.25, -0.2) is 0 Å². The van der Waals surface area contributed by atoms with Gasteiger partial charge in [0, 0.05) is 21.3 Å². The molecule has 0 saturated heterocycles. The summed E-state index contributed by atoms with van der Waals surface area (Å²) < 4.78 is 1.34. The Morgan fingerprint density at radius 3 is 2.88 bits per heavy atom. The minimum atomic E-state index is 0. The van der Waals surface area contributed by atoms with Gasteiger partial charge in [-0.2, -0.15) is 0 Å². The first kappa shape index (κ1) is 12.1. The molecule has 1 aromatic heterocycles. The molecule has 0 amide bonds. The molecule has 0 saturated carbocycles. The van der Waals surface area contributed by atoms with Crippen molar-refractivity contribution in [3.8, 4) is 0 Å². The Morgan fingerprint density at radius 1 is 1.29 bits per heavy atom. The van der Waals surface area contributed by atoms with E-state index in [0.717, 1.165) is 0 Å². The molecule has 1 aromatic carbocycles. The third-order valence-electron chi connectivity index (χ3n) is 2.80. The molecule has 3 rings (SSSR count). The van der Waals surface area contributed by atoms with Gasteiger partial charge in [-0.05, 0) is 24.5 Å². The Bertz CT molecular complexity index is 574. The van der Waals surface area contributed by atoms with Crippen LogP contribution in [-0.2, 0) is 0 Å². The van der Waals surface area contributed by atoms with Crippen LogP contribution in [0.4, 0.5) is 0 Å². The maximum Gasteiger partial charge on any atom is 0.0981 e. The minimum Gasteiger partial charge on any atom is -0.353 e. The summed E-state index contributed by atoms with van der Waals surface area (Å²) in [5.74, 6) is 0. The van der Waals surface area contributed by atoms with Gasteiger partial charge in [0.05, 0.1) is 12.4 Å². The number of nitrogens with zero attached hydrogens (tertiary/aromatic N) is 1. The van der Waals surface area contributed by atoms with Crippen molar-refractivity contribution in [2.45, 2.75) is 13.0 Å². The summed E-state index contributed by atoms with van der Waals surface area (Å²) in [5, 5.41) is 4.31. The van der Waals surface area contributed by atoms with Crippen LogP contribution in [0, 0.1) is 6.92 Å². The zero-order valence-electron chi connectivity index (χ0n) is 9.38. The van der Waals surface area contributed by atoms with Crippen molar-refractivity contribution in [2.75, 3.05) is 0 Å². The van der Waals surface area contributed by atoms with Crippen molar-refractivity contribution >= 4 is 40.2 Å². The van der Waals surface area contributed by atoms with E-state index < -0.39 is 0 Å². The van der Waals surface area contributed by atoms with Crippen LogP contribution in [0.3, 0.4) is 0 Å². The van der Waals surface area contributed by atoms with E-state index in [1.807, 2.05) is 17.5 Å². The summed E-state index contributed by atoms with van der Waals surface area (Å²) in [7, 11) is 0. The third-order valence-corrected chi connectivity index (χ3v) is 3.90. The standard InChI is InChI=1S/C13H12N2S.ClH/c1-9-13(11-6-7-14-8-15-11)10-4-2-3-5-12(10)16-9;/h2-8,11H,1H3,(H,14,15);1H. The predicted octanol–water partition coefficient (Wildman–Crippen LogP) is 3.82. The monoisotopic (exact) mass is 264 g/mol. The molecule has 1 N–H and O–H groups in total. The summed E-state index contributed by atoms with van der Waals surface area (Å²) in [6, 6.07) is 8.69. The van der Waals surface area contributed by atoms with Gasteiger partial charge in [0.2, 0.25) is 0 Å². The average molecular weight is 265 g/mol. The van der Waals surface area contributed by atoms with E-state index in [9.17, 15) is 0 Å². The van der Waals surface area contributed by atoms with E-state index in [4.69, 9.17) is 0 Å². The number of fused-ring (bicyclic) bond motifs is 1. The molecule has 1 unspecified atom stereocenters. The first-order chi connectivity index (χ1) is 7.86. The molecule has 0 radical (unpaired) electrons. The molecule has 1 atom stereocenters. The second kappa shape index (κ2) is 4.90. The minimum absolute atomic E-state index is 0. The number of rotatable bonds is 1. The lowest BCUT2D eigenvalue weighted by molar-refractivity contribution is 0.890. The molecule has 2 aromatic rings. The first-order valence-corrected chi connectivity index (χ1v) is 6.10. The summed E-state index contributed by atoms with van der Waals surface area (Å²) >= 11 is 1.84. The van der Waals surface area contributed by atoms with Crippen molar-refractivity contribution in [1.29, 1.82) is 0 Å². The number of hydrogen-bond donors (Lipinski definition) is 1. The smallest absolute Gasteiger partial charge is 0.0981 e. The summed E-state index contributed by atoms with van der Waals surface area (Å²) in [4.78, 5) is 5.82. The SMILES string of the molecule is Cc1sc2ccccc2c1C1C=CNC=N1.Cl. The van der Waals surface area contributed by atoms with Crippen LogP contribution in [-0.4, -0.2) is 6.34 Å². The van der Waals surface area contributed by atoms with E-state index in [1.165, 1.54) is 20.5 Å². The summed E-state index contributed by atoms with van der Waals surface area (Å²) in [6.45, 7) is 2.17. The van der Waals surface area contributed by atoms with E-state index >= 15 is 0 Å². The van der Waals surface area contributed by atoms with Gasteiger partial charge in [-0.1, -0.05) is 18.2 Å². The van der Waals surface area contributed by atoms with Gasteiger partial charge in [-0.3, -0.25) is 4.99 Å². The Kier molecular flexibility index (Phi) is 3.50. The number of benzene rings is 1. The zero-order chi connectivity index (χ0) is 11.0. The maximum absolute atomic E-state index is 4.47. The predicted molar refractivity (Wildman–Crippen MR) is 77.3 cm³/mol.